The van der Waals surface area contributed by atoms with Crippen molar-refractivity contribution in [3.05, 3.63) is 68.9 Å². The summed E-state index contributed by atoms with van der Waals surface area (Å²) >= 11 is 0. The Bertz CT molecular complexity index is 829. The molecule has 7 heteroatoms. The van der Waals surface area contributed by atoms with E-state index < -0.39 is 51.7 Å². The summed E-state index contributed by atoms with van der Waals surface area (Å²) in [7, 11) is 0. The number of nitro benzene ring substituents is 2. The maximum Gasteiger partial charge on any atom is 0.347 e. The van der Waals surface area contributed by atoms with Crippen LogP contribution in [0, 0.1) is 20.2 Å². The third-order valence-electron chi connectivity index (χ3n) is 2.07. The monoisotopic (exact) mass is 251 g/mol. The van der Waals surface area contributed by atoms with Crippen LogP contribution in [0.4, 0.5) is 11.4 Å². The molecule has 0 radical (unpaired) electrons. The molecule has 1 heterocycles. The van der Waals surface area contributed by atoms with E-state index >= 15 is 0 Å². The second-order valence-corrected chi connectivity index (χ2v) is 3.12. The highest BCUT2D eigenvalue weighted by Crippen LogP contribution is 2.24. The van der Waals surface area contributed by atoms with Crippen LogP contribution in [0.2, 0.25) is 0 Å². The van der Waals surface area contributed by atoms with E-state index in [-0.39, 0.29) is 5.69 Å². The molecule has 0 aliphatic rings. The van der Waals surface area contributed by atoms with E-state index in [1.54, 1.807) is 0 Å². The highest BCUT2D eigenvalue weighted by Gasteiger charge is 2.25. The van der Waals surface area contributed by atoms with Gasteiger partial charge in [-0.15, -0.1) is 0 Å². The SMILES string of the molecule is [2H]c1c([2H])c([2H])[n+](-c2ccc([N+](=O)[O-])cc2[N+](=O)[O-])c([2H])c1[2H]. The molecule has 2 aromatic rings. The van der Waals surface area contributed by atoms with Crippen molar-refractivity contribution in [2.75, 3.05) is 0 Å². The number of pyridine rings is 1. The number of nitro groups is 2. The van der Waals surface area contributed by atoms with Gasteiger partial charge >= 0.3 is 5.69 Å². The quantitative estimate of drug-likeness (QED) is 0.472. The molecule has 1 aromatic carbocycles. The largest absolute Gasteiger partial charge is 0.347 e. The first-order chi connectivity index (χ1) is 10.7. The molecule has 0 saturated heterocycles. The Balaban J connectivity index is 2.88. The van der Waals surface area contributed by atoms with E-state index in [1.807, 2.05) is 0 Å². The van der Waals surface area contributed by atoms with Crippen molar-refractivity contribution in [3.8, 4) is 5.69 Å². The van der Waals surface area contributed by atoms with E-state index in [0.717, 1.165) is 12.1 Å². The molecule has 18 heavy (non-hydrogen) atoms. The Hall–Kier alpha value is -2.83. The molecular weight excluding hydrogens is 238 g/mol. The van der Waals surface area contributed by atoms with Gasteiger partial charge in [-0.25, -0.2) is 0 Å². The molecule has 90 valence electrons. The number of nitrogens with zero attached hydrogens (tertiary/aromatic N) is 3. The average Bonchev–Trinajstić information content (AvgIpc) is 2.51. The zero-order valence-electron chi connectivity index (χ0n) is 13.7. The number of hydrogen-bond donors (Lipinski definition) is 0. The summed E-state index contributed by atoms with van der Waals surface area (Å²) in [4.78, 5) is 20.1. The summed E-state index contributed by atoms with van der Waals surface area (Å²) in [6.45, 7) is 0. The Labute approximate surface area is 108 Å². The summed E-state index contributed by atoms with van der Waals surface area (Å²) in [6, 6.07) is 0.576. The first-order valence-electron chi connectivity index (χ1n) is 7.09. The summed E-state index contributed by atoms with van der Waals surface area (Å²) in [6.07, 6.45) is -1.40. The van der Waals surface area contributed by atoms with Crippen molar-refractivity contribution in [1.29, 1.82) is 0 Å². The Morgan fingerprint density at radius 3 is 2.28 bits per heavy atom. The van der Waals surface area contributed by atoms with Gasteiger partial charge < -0.3 is 0 Å². The van der Waals surface area contributed by atoms with Crippen LogP contribution in [0.3, 0.4) is 0 Å². The molecule has 0 unspecified atom stereocenters. The van der Waals surface area contributed by atoms with E-state index in [0.29, 0.717) is 10.6 Å². The molecule has 0 amide bonds. The van der Waals surface area contributed by atoms with E-state index in [2.05, 4.69) is 0 Å². The minimum Gasteiger partial charge on any atom is -0.258 e. The highest BCUT2D eigenvalue weighted by atomic mass is 16.6. The summed E-state index contributed by atoms with van der Waals surface area (Å²) in [5, 5.41) is 21.9. The zero-order valence-corrected chi connectivity index (χ0v) is 8.71. The van der Waals surface area contributed by atoms with Crippen molar-refractivity contribution in [2.24, 2.45) is 0 Å². The first-order valence-corrected chi connectivity index (χ1v) is 4.59. The predicted molar refractivity (Wildman–Crippen MR) is 61.3 cm³/mol. The second-order valence-electron chi connectivity index (χ2n) is 3.12. The van der Waals surface area contributed by atoms with Crippen molar-refractivity contribution in [2.45, 2.75) is 0 Å². The topological polar surface area (TPSA) is 90.2 Å². The van der Waals surface area contributed by atoms with Crippen LogP contribution in [-0.2, 0) is 0 Å². The normalized spacial score (nSPS) is 13.9. The number of rotatable bonds is 3. The van der Waals surface area contributed by atoms with Crippen LogP contribution >= 0.6 is 0 Å². The third kappa shape index (κ3) is 2.14. The van der Waals surface area contributed by atoms with Crippen LogP contribution in [0.5, 0.6) is 0 Å². The maximum absolute atomic E-state index is 11.1. The molecule has 0 N–H and O–H groups in total. The molecule has 7 nitrogen and oxygen atoms in total. The van der Waals surface area contributed by atoms with Crippen LogP contribution in [0.25, 0.3) is 5.69 Å². The van der Waals surface area contributed by atoms with Crippen molar-refractivity contribution < 1.29 is 21.3 Å². The van der Waals surface area contributed by atoms with Gasteiger partial charge in [0.25, 0.3) is 11.4 Å². The smallest absolute Gasteiger partial charge is 0.258 e. The van der Waals surface area contributed by atoms with Gasteiger partial charge in [-0.05, 0) is 0 Å². The standard InChI is InChI=1S/C11H8N3O4/c15-13(16)9-4-5-10(11(8-9)14(17)18)12-6-2-1-3-7-12/h1-8H/q+1/i1D,2D,3D,6D,7D. The van der Waals surface area contributed by atoms with Crippen molar-refractivity contribution >= 4 is 11.4 Å². The molecule has 0 bridgehead atoms. The fourth-order valence-corrected chi connectivity index (χ4v) is 1.31. The van der Waals surface area contributed by atoms with Gasteiger partial charge in [0, 0.05) is 24.2 Å². The Kier molecular flexibility index (Phi) is 1.73. The van der Waals surface area contributed by atoms with E-state index in [9.17, 15) is 20.2 Å². The Morgan fingerprint density at radius 1 is 1.06 bits per heavy atom. The molecule has 2 rings (SSSR count). The van der Waals surface area contributed by atoms with Gasteiger partial charge in [0.2, 0.25) is 0 Å². The predicted octanol–water partition coefficient (Wildman–Crippen LogP) is 1.78. The lowest BCUT2D eigenvalue weighted by atomic mass is 10.2. The second kappa shape index (κ2) is 4.58. The van der Waals surface area contributed by atoms with Gasteiger partial charge in [0.15, 0.2) is 12.3 Å². The number of aromatic nitrogens is 1. The lowest BCUT2D eigenvalue weighted by Crippen LogP contribution is -2.30. The molecule has 0 aliphatic heterocycles. The fraction of sp³-hybridized carbons (Fsp3) is 0. The lowest BCUT2D eigenvalue weighted by Gasteiger charge is -1.97. The number of non-ortho nitro benzene ring substituents is 1. The van der Waals surface area contributed by atoms with Crippen LogP contribution in [-0.4, -0.2) is 9.85 Å². The Morgan fingerprint density at radius 2 is 1.72 bits per heavy atom. The molecule has 0 aliphatic carbocycles. The summed E-state index contributed by atoms with van der Waals surface area (Å²) in [5.74, 6) is 0. The molecule has 0 saturated carbocycles. The van der Waals surface area contributed by atoms with E-state index in [1.165, 1.54) is 0 Å². The molecule has 0 atom stereocenters. The summed E-state index contributed by atoms with van der Waals surface area (Å²) < 4.78 is 38.8. The highest BCUT2D eigenvalue weighted by molar-refractivity contribution is 5.53. The van der Waals surface area contributed by atoms with Gasteiger partial charge in [0.1, 0.15) is 8.81 Å². The zero-order chi connectivity index (χ0) is 17.5. The minimum atomic E-state index is -0.921. The van der Waals surface area contributed by atoms with Gasteiger partial charge in [-0.2, -0.15) is 4.57 Å². The molecule has 0 spiro atoms. The molecular formula is C11H8N3O4+. The number of hydrogen-bond acceptors (Lipinski definition) is 4. The number of benzene rings is 1. The minimum absolute atomic E-state index is 0.363. The lowest BCUT2D eigenvalue weighted by molar-refractivity contribution is -0.600. The van der Waals surface area contributed by atoms with Crippen LogP contribution < -0.4 is 4.57 Å². The van der Waals surface area contributed by atoms with Crippen LogP contribution in [0.15, 0.2) is 48.7 Å². The van der Waals surface area contributed by atoms with Gasteiger partial charge in [0.05, 0.1) is 14.0 Å². The van der Waals surface area contributed by atoms with Crippen molar-refractivity contribution in [1.82, 2.24) is 0 Å². The van der Waals surface area contributed by atoms with Gasteiger partial charge in [-0.3, -0.25) is 20.2 Å². The van der Waals surface area contributed by atoms with E-state index in [4.69, 9.17) is 6.85 Å². The summed E-state index contributed by atoms with van der Waals surface area (Å²) in [5.41, 5.74) is -1.66. The van der Waals surface area contributed by atoms with Gasteiger partial charge in [-0.1, -0.05) is 6.04 Å². The third-order valence-corrected chi connectivity index (χ3v) is 2.07. The van der Waals surface area contributed by atoms with Crippen molar-refractivity contribution in [3.63, 3.8) is 0 Å². The maximum atomic E-state index is 11.1. The first kappa shape index (κ1) is 6.80. The molecule has 1 aromatic heterocycles. The van der Waals surface area contributed by atoms with Crippen LogP contribution in [0.1, 0.15) is 6.85 Å². The fourth-order valence-electron chi connectivity index (χ4n) is 1.31. The molecule has 0 fully saturated rings. The average molecular weight is 251 g/mol.